The fourth-order valence-corrected chi connectivity index (χ4v) is 5.43. The molecular formula is C32H28ClF3N6O13S. The molecule has 0 aliphatic rings. The van der Waals surface area contributed by atoms with Crippen LogP contribution in [0.15, 0.2) is 65.6 Å². The summed E-state index contributed by atoms with van der Waals surface area (Å²) in [6.45, 7) is 4.33. The Hall–Kier alpha value is -6.62. The number of nitro groups is 1. The van der Waals surface area contributed by atoms with Crippen LogP contribution in [0.3, 0.4) is 0 Å². The smallest absolute Gasteiger partial charge is 0.416 e. The van der Waals surface area contributed by atoms with Crippen molar-refractivity contribution in [2.45, 2.75) is 37.9 Å². The van der Waals surface area contributed by atoms with Crippen molar-refractivity contribution in [1.29, 1.82) is 0 Å². The second-order valence-electron chi connectivity index (χ2n) is 10.5. The average Bonchev–Trinajstić information content (AvgIpc) is 3.11. The number of alkyl halides is 3. The maximum atomic E-state index is 12.8. The molecule has 1 heterocycles. The normalized spacial score (nSPS) is 11.5. The summed E-state index contributed by atoms with van der Waals surface area (Å²) in [7, 11) is -3.11. The van der Waals surface area contributed by atoms with E-state index in [4.69, 9.17) is 35.7 Å². The molecule has 56 heavy (non-hydrogen) atoms. The number of aromatic nitrogens is 3. The summed E-state index contributed by atoms with van der Waals surface area (Å²) in [5.41, 5.74) is -2.64. The molecule has 0 saturated heterocycles. The SMILES string of the molecule is CCOC(=O)C(C)OC(=O)c1cc(Oc2ccc(C(F)(F)F)cc2Cl)ccc1[N+](=O)[O-].COc1nc(C)nc(NC(=O)NS(=O)(=O)c2ccccc2C(=O)O)n1. The van der Waals surface area contributed by atoms with Gasteiger partial charge in [-0.05, 0) is 57.2 Å². The van der Waals surface area contributed by atoms with Crippen molar-refractivity contribution in [2.75, 3.05) is 19.0 Å². The van der Waals surface area contributed by atoms with Gasteiger partial charge in [-0.1, -0.05) is 23.7 Å². The summed E-state index contributed by atoms with van der Waals surface area (Å²) in [4.78, 5) is 68.2. The van der Waals surface area contributed by atoms with Crippen LogP contribution in [0.25, 0.3) is 0 Å². The average molecular weight is 829 g/mol. The number of ether oxygens (including phenoxy) is 4. The van der Waals surface area contributed by atoms with E-state index in [2.05, 4.69) is 20.3 Å². The summed E-state index contributed by atoms with van der Waals surface area (Å²) >= 11 is 5.83. The second-order valence-corrected chi connectivity index (χ2v) is 12.6. The topological polar surface area (TPSA) is 265 Å². The fourth-order valence-electron chi connectivity index (χ4n) is 4.11. The third-order valence-corrected chi connectivity index (χ3v) is 8.23. The number of esters is 2. The number of amides is 2. The molecule has 1 unspecified atom stereocenters. The largest absolute Gasteiger partial charge is 0.478 e. The van der Waals surface area contributed by atoms with Gasteiger partial charge in [0.1, 0.15) is 27.8 Å². The quantitative estimate of drug-likeness (QED) is 0.0895. The van der Waals surface area contributed by atoms with Gasteiger partial charge in [-0.25, -0.2) is 32.3 Å². The Kier molecular flexibility index (Phi) is 14.6. The summed E-state index contributed by atoms with van der Waals surface area (Å²) < 4.78 is 84.2. The maximum Gasteiger partial charge on any atom is 0.416 e. The Labute approximate surface area is 318 Å². The monoisotopic (exact) mass is 828 g/mol. The number of hydrogen-bond acceptors (Lipinski definition) is 15. The van der Waals surface area contributed by atoms with Crippen LogP contribution in [-0.2, 0) is 30.5 Å². The van der Waals surface area contributed by atoms with E-state index in [-0.39, 0.29) is 40.9 Å². The van der Waals surface area contributed by atoms with Crippen LogP contribution in [0.1, 0.15) is 46.0 Å². The summed E-state index contributed by atoms with van der Waals surface area (Å²) in [6.07, 6.45) is -5.94. The standard InChI is InChI=1S/C19H15ClF3NO7.C13H13N5O6S/c1-3-29-17(25)10(2)30-18(26)13-9-12(5-6-15(13)24(27)28)31-16-7-4-11(8-14(16)20)19(21,22)23;1-7-14-11(17-13(15-7)24-2)16-12(21)18-25(22,23)9-6-4-3-5-8(9)10(19)20/h4-10H,3H2,1-2H3;3-6H,1-2H3,(H,19,20)(H2,14,15,16,17,18,21). The minimum absolute atomic E-state index is 0.0398. The number of nitrogens with one attached hydrogen (secondary N) is 2. The van der Waals surface area contributed by atoms with Gasteiger partial charge >= 0.3 is 36.1 Å². The van der Waals surface area contributed by atoms with E-state index in [0.717, 1.165) is 42.5 Å². The Morgan fingerprint density at radius 3 is 2.29 bits per heavy atom. The Morgan fingerprint density at radius 1 is 1.02 bits per heavy atom. The third kappa shape index (κ3) is 11.9. The van der Waals surface area contributed by atoms with Crippen LogP contribution in [0.2, 0.25) is 5.02 Å². The highest BCUT2D eigenvalue weighted by atomic mass is 35.5. The molecule has 0 fully saturated rings. The number of sulfonamides is 1. The van der Waals surface area contributed by atoms with Gasteiger partial charge < -0.3 is 24.1 Å². The van der Waals surface area contributed by atoms with Gasteiger partial charge in [-0.15, -0.1) is 0 Å². The van der Waals surface area contributed by atoms with Crippen molar-refractivity contribution in [3.8, 4) is 17.5 Å². The van der Waals surface area contributed by atoms with Crippen LogP contribution < -0.4 is 19.5 Å². The molecule has 0 saturated carbocycles. The predicted molar refractivity (Wildman–Crippen MR) is 185 cm³/mol. The number of aromatic carboxylic acids is 1. The van der Waals surface area contributed by atoms with Crippen molar-refractivity contribution < 1.29 is 69.7 Å². The molecule has 3 N–H and O–H groups in total. The molecule has 0 radical (unpaired) electrons. The predicted octanol–water partition coefficient (Wildman–Crippen LogP) is 5.56. The maximum absolute atomic E-state index is 12.8. The highest BCUT2D eigenvalue weighted by Gasteiger charge is 2.32. The molecule has 0 aliphatic heterocycles. The molecule has 0 bridgehead atoms. The Balaban J connectivity index is 0.000000307. The summed E-state index contributed by atoms with van der Waals surface area (Å²) in [5.74, 6) is -3.80. The molecular weight excluding hydrogens is 801 g/mol. The number of urea groups is 1. The highest BCUT2D eigenvalue weighted by molar-refractivity contribution is 7.90. The number of benzene rings is 3. The lowest BCUT2D eigenvalue weighted by atomic mass is 10.1. The number of carbonyl (C=O) groups is 4. The molecule has 1 aromatic heterocycles. The van der Waals surface area contributed by atoms with E-state index in [1.807, 2.05) is 0 Å². The Bertz CT molecular complexity index is 2260. The minimum atomic E-state index is -4.61. The lowest BCUT2D eigenvalue weighted by Crippen LogP contribution is -2.35. The van der Waals surface area contributed by atoms with Crippen LogP contribution in [0, 0.1) is 17.0 Å². The third-order valence-electron chi connectivity index (χ3n) is 6.54. The van der Waals surface area contributed by atoms with E-state index < -0.39 is 78.4 Å². The number of rotatable bonds is 12. The first kappa shape index (κ1) is 43.8. The molecule has 2 amide bonds. The van der Waals surface area contributed by atoms with Gasteiger partial charge in [0.05, 0.1) is 34.8 Å². The number of nitrogens with zero attached hydrogens (tertiary/aromatic N) is 4. The van der Waals surface area contributed by atoms with Crippen molar-refractivity contribution in [3.63, 3.8) is 0 Å². The number of aryl methyl sites for hydroxylation is 1. The number of carbonyl (C=O) groups excluding carboxylic acids is 3. The number of hydrogen-bond donors (Lipinski definition) is 3. The van der Waals surface area contributed by atoms with E-state index >= 15 is 0 Å². The lowest BCUT2D eigenvalue weighted by Gasteiger charge is -2.13. The molecule has 19 nitrogen and oxygen atoms in total. The summed E-state index contributed by atoms with van der Waals surface area (Å²) in [5, 5.41) is 22.0. The van der Waals surface area contributed by atoms with Crippen molar-refractivity contribution in [1.82, 2.24) is 19.7 Å². The van der Waals surface area contributed by atoms with Gasteiger partial charge in [0.2, 0.25) is 5.95 Å². The van der Waals surface area contributed by atoms with Crippen LogP contribution in [0.5, 0.6) is 17.5 Å². The van der Waals surface area contributed by atoms with Crippen molar-refractivity contribution in [2.24, 2.45) is 0 Å². The molecule has 1 atom stereocenters. The second kappa shape index (κ2) is 18.6. The van der Waals surface area contributed by atoms with Crippen LogP contribution >= 0.6 is 11.6 Å². The van der Waals surface area contributed by atoms with Crippen molar-refractivity contribution >= 4 is 57.2 Å². The first-order valence-corrected chi connectivity index (χ1v) is 17.2. The van der Waals surface area contributed by atoms with E-state index in [1.54, 1.807) is 11.6 Å². The number of methoxy groups -OCH3 is 1. The van der Waals surface area contributed by atoms with Crippen LogP contribution in [0.4, 0.5) is 29.6 Å². The molecule has 3 aromatic carbocycles. The number of halogens is 4. The molecule has 24 heteroatoms. The van der Waals surface area contributed by atoms with Crippen LogP contribution in [-0.4, -0.2) is 77.2 Å². The zero-order chi connectivity index (χ0) is 42.0. The fraction of sp³-hybridized carbons (Fsp3) is 0.219. The lowest BCUT2D eigenvalue weighted by molar-refractivity contribution is -0.385. The summed E-state index contributed by atoms with van der Waals surface area (Å²) in [6, 6.07) is 9.00. The zero-order valence-electron chi connectivity index (χ0n) is 29.1. The first-order chi connectivity index (χ1) is 26.2. The minimum Gasteiger partial charge on any atom is -0.478 e. The van der Waals surface area contributed by atoms with Crippen molar-refractivity contribution in [3.05, 3.63) is 98.3 Å². The number of carboxylic acids is 1. The Morgan fingerprint density at radius 2 is 1.70 bits per heavy atom. The number of nitro benzene ring substituents is 1. The molecule has 0 aliphatic carbocycles. The number of anilines is 1. The molecule has 4 aromatic rings. The van der Waals surface area contributed by atoms with E-state index in [0.29, 0.717) is 6.07 Å². The number of carboxylic acid groups (broad SMARTS) is 1. The molecule has 4 rings (SSSR count). The first-order valence-electron chi connectivity index (χ1n) is 15.3. The molecule has 0 spiro atoms. The van der Waals surface area contributed by atoms with Gasteiger partial charge in [0.25, 0.3) is 15.7 Å². The van der Waals surface area contributed by atoms with Gasteiger partial charge in [0.15, 0.2) is 6.10 Å². The van der Waals surface area contributed by atoms with Gasteiger partial charge in [-0.2, -0.15) is 28.1 Å². The highest BCUT2D eigenvalue weighted by Crippen LogP contribution is 2.37. The van der Waals surface area contributed by atoms with E-state index in [9.17, 15) is 50.9 Å². The van der Waals surface area contributed by atoms with Gasteiger partial charge in [0, 0.05) is 12.1 Å². The molecule has 298 valence electrons. The zero-order valence-corrected chi connectivity index (χ0v) is 30.7. The van der Waals surface area contributed by atoms with Gasteiger partial charge in [-0.3, -0.25) is 15.4 Å². The van der Waals surface area contributed by atoms with E-state index in [1.165, 1.54) is 33.1 Å².